The van der Waals surface area contributed by atoms with E-state index < -0.39 is 29.4 Å². The first-order chi connectivity index (χ1) is 7.72. The van der Waals surface area contributed by atoms with Gasteiger partial charge >= 0.3 is 11.9 Å². The van der Waals surface area contributed by atoms with Gasteiger partial charge in [-0.1, -0.05) is 6.42 Å². The molecule has 4 nitrogen and oxygen atoms in total. The van der Waals surface area contributed by atoms with Gasteiger partial charge in [-0.15, -0.1) is 0 Å². The summed E-state index contributed by atoms with van der Waals surface area (Å²) in [5, 5.41) is 8.91. The van der Waals surface area contributed by atoms with Crippen molar-refractivity contribution in [2.24, 2.45) is 11.8 Å². The van der Waals surface area contributed by atoms with Crippen molar-refractivity contribution in [3.05, 3.63) is 0 Å². The minimum Gasteiger partial charge on any atom is -0.481 e. The Bertz CT molecular complexity index is 308. The maximum absolute atomic E-state index is 12.0. The van der Waals surface area contributed by atoms with Crippen molar-refractivity contribution in [1.29, 1.82) is 0 Å². The minimum atomic E-state index is -0.931. The van der Waals surface area contributed by atoms with E-state index in [1.54, 1.807) is 20.8 Å². The van der Waals surface area contributed by atoms with Crippen LogP contribution in [0.4, 0.5) is 0 Å². The van der Waals surface area contributed by atoms with Crippen LogP contribution in [-0.4, -0.2) is 27.9 Å². The first-order valence-corrected chi connectivity index (χ1v) is 6.38. The molecule has 0 amide bonds. The molecule has 3 atom stereocenters. The van der Waals surface area contributed by atoms with Crippen molar-refractivity contribution in [2.45, 2.75) is 50.9 Å². The third-order valence-electron chi connectivity index (χ3n) is 2.86. The molecule has 1 saturated carbocycles. The van der Waals surface area contributed by atoms with Crippen LogP contribution in [0.25, 0.3) is 0 Å². The molecule has 1 fully saturated rings. The SMILES string of the molecule is CC(C)(C)OC(=O)C1C(S)CCCC1C(=O)O. The van der Waals surface area contributed by atoms with E-state index in [0.717, 1.165) is 12.8 Å². The smallest absolute Gasteiger partial charge is 0.311 e. The number of aliphatic carboxylic acids is 1. The topological polar surface area (TPSA) is 63.6 Å². The molecule has 0 aromatic heterocycles. The van der Waals surface area contributed by atoms with Crippen molar-refractivity contribution in [3.63, 3.8) is 0 Å². The van der Waals surface area contributed by atoms with Crippen molar-refractivity contribution in [1.82, 2.24) is 0 Å². The van der Waals surface area contributed by atoms with E-state index in [9.17, 15) is 9.59 Å². The Morgan fingerprint density at radius 3 is 2.35 bits per heavy atom. The zero-order valence-corrected chi connectivity index (χ0v) is 11.4. The number of esters is 1. The average molecular weight is 260 g/mol. The van der Waals surface area contributed by atoms with Gasteiger partial charge in [-0.25, -0.2) is 0 Å². The molecule has 5 heteroatoms. The number of ether oxygens (including phenoxy) is 1. The van der Waals surface area contributed by atoms with Crippen LogP contribution in [-0.2, 0) is 14.3 Å². The molecule has 0 aromatic carbocycles. The van der Waals surface area contributed by atoms with Crippen LogP contribution in [0, 0.1) is 11.8 Å². The van der Waals surface area contributed by atoms with Gasteiger partial charge in [0.05, 0.1) is 11.8 Å². The van der Waals surface area contributed by atoms with Gasteiger partial charge in [-0.3, -0.25) is 9.59 Å². The summed E-state index contributed by atoms with van der Waals surface area (Å²) in [6, 6.07) is 0. The molecule has 0 bridgehead atoms. The molecule has 3 unspecified atom stereocenters. The molecule has 1 aliphatic carbocycles. The first kappa shape index (κ1) is 14.4. The van der Waals surface area contributed by atoms with E-state index in [1.165, 1.54) is 0 Å². The quantitative estimate of drug-likeness (QED) is 0.589. The summed E-state index contributed by atoms with van der Waals surface area (Å²) in [7, 11) is 0. The summed E-state index contributed by atoms with van der Waals surface area (Å²) in [5.74, 6) is -2.67. The zero-order valence-electron chi connectivity index (χ0n) is 10.5. The third kappa shape index (κ3) is 3.91. The summed E-state index contributed by atoms with van der Waals surface area (Å²) < 4.78 is 5.28. The standard InChI is InChI=1S/C12H20O4S/c1-12(2,3)16-11(15)9-7(10(13)14)5-4-6-8(9)17/h7-9,17H,4-6H2,1-3H3,(H,13,14). The van der Waals surface area contributed by atoms with Crippen LogP contribution < -0.4 is 0 Å². The second kappa shape index (κ2) is 5.29. The fourth-order valence-corrected chi connectivity index (χ4v) is 2.65. The van der Waals surface area contributed by atoms with Crippen LogP contribution in [0.2, 0.25) is 0 Å². The van der Waals surface area contributed by atoms with E-state index in [-0.39, 0.29) is 5.25 Å². The van der Waals surface area contributed by atoms with Gasteiger partial charge in [0.2, 0.25) is 0 Å². The lowest BCUT2D eigenvalue weighted by Crippen LogP contribution is -2.42. The zero-order chi connectivity index (χ0) is 13.2. The molecule has 98 valence electrons. The number of hydrogen-bond donors (Lipinski definition) is 2. The Labute approximate surface area is 107 Å². The number of hydrogen-bond acceptors (Lipinski definition) is 4. The molecule has 1 N–H and O–H groups in total. The Hall–Kier alpha value is -0.710. The maximum Gasteiger partial charge on any atom is 0.311 e. The molecular formula is C12H20O4S. The fourth-order valence-electron chi connectivity index (χ4n) is 2.14. The number of carbonyl (C=O) groups is 2. The number of thiol groups is 1. The third-order valence-corrected chi connectivity index (χ3v) is 3.44. The number of carboxylic acid groups (broad SMARTS) is 1. The molecular weight excluding hydrogens is 240 g/mol. The number of carbonyl (C=O) groups excluding carboxylic acids is 1. The van der Waals surface area contributed by atoms with Gasteiger partial charge < -0.3 is 9.84 Å². The van der Waals surface area contributed by atoms with Gasteiger partial charge in [-0.05, 0) is 33.6 Å². The van der Waals surface area contributed by atoms with Crippen LogP contribution in [0.15, 0.2) is 0 Å². The number of rotatable bonds is 2. The van der Waals surface area contributed by atoms with Gasteiger partial charge in [0.1, 0.15) is 5.60 Å². The van der Waals surface area contributed by atoms with Crippen molar-refractivity contribution >= 4 is 24.6 Å². The molecule has 0 aromatic rings. The van der Waals surface area contributed by atoms with Crippen LogP contribution in [0.3, 0.4) is 0 Å². The lowest BCUT2D eigenvalue weighted by atomic mass is 9.78. The van der Waals surface area contributed by atoms with Crippen LogP contribution in [0.1, 0.15) is 40.0 Å². The second-order valence-corrected chi connectivity index (χ2v) is 6.17. The monoisotopic (exact) mass is 260 g/mol. The average Bonchev–Trinajstić information content (AvgIpc) is 2.13. The van der Waals surface area contributed by atoms with Gasteiger partial charge in [0.25, 0.3) is 0 Å². The summed E-state index contributed by atoms with van der Waals surface area (Å²) in [4.78, 5) is 23.1. The molecule has 0 saturated heterocycles. The maximum atomic E-state index is 12.0. The first-order valence-electron chi connectivity index (χ1n) is 5.86. The lowest BCUT2D eigenvalue weighted by Gasteiger charge is -2.33. The van der Waals surface area contributed by atoms with Crippen LogP contribution >= 0.6 is 12.6 Å². The summed E-state index contributed by atoms with van der Waals surface area (Å²) in [6.07, 6.45) is 2.08. The highest BCUT2D eigenvalue weighted by Crippen LogP contribution is 2.35. The summed E-state index contributed by atoms with van der Waals surface area (Å²) in [5.41, 5.74) is -0.592. The Morgan fingerprint density at radius 2 is 1.88 bits per heavy atom. The molecule has 1 aliphatic rings. The minimum absolute atomic E-state index is 0.223. The molecule has 0 spiro atoms. The van der Waals surface area contributed by atoms with Crippen LogP contribution in [0.5, 0.6) is 0 Å². The van der Waals surface area contributed by atoms with Gasteiger partial charge in [-0.2, -0.15) is 12.6 Å². The molecule has 0 aliphatic heterocycles. The number of carboxylic acids is 1. The highest BCUT2D eigenvalue weighted by molar-refractivity contribution is 7.81. The Kier molecular flexibility index (Phi) is 4.47. The molecule has 0 heterocycles. The van der Waals surface area contributed by atoms with Gasteiger partial charge in [0, 0.05) is 5.25 Å². The predicted octanol–water partition coefficient (Wildman–Crippen LogP) is 2.13. The Balaban J connectivity index is 2.82. The van der Waals surface area contributed by atoms with E-state index in [0.29, 0.717) is 6.42 Å². The predicted molar refractivity (Wildman–Crippen MR) is 67.1 cm³/mol. The summed E-state index contributed by atoms with van der Waals surface area (Å²) in [6.45, 7) is 5.32. The largest absolute Gasteiger partial charge is 0.481 e. The van der Waals surface area contributed by atoms with Crippen molar-refractivity contribution < 1.29 is 19.4 Å². The Morgan fingerprint density at radius 1 is 1.29 bits per heavy atom. The van der Waals surface area contributed by atoms with E-state index in [4.69, 9.17) is 9.84 Å². The highest BCUT2D eigenvalue weighted by atomic mass is 32.1. The highest BCUT2D eigenvalue weighted by Gasteiger charge is 2.42. The lowest BCUT2D eigenvalue weighted by molar-refractivity contribution is -0.167. The van der Waals surface area contributed by atoms with Crippen molar-refractivity contribution in [3.8, 4) is 0 Å². The van der Waals surface area contributed by atoms with Gasteiger partial charge in [0.15, 0.2) is 0 Å². The van der Waals surface area contributed by atoms with E-state index in [2.05, 4.69) is 12.6 Å². The molecule has 17 heavy (non-hydrogen) atoms. The normalized spacial score (nSPS) is 29.8. The van der Waals surface area contributed by atoms with E-state index in [1.807, 2.05) is 0 Å². The summed E-state index contributed by atoms with van der Waals surface area (Å²) >= 11 is 4.33. The molecule has 0 radical (unpaired) electrons. The van der Waals surface area contributed by atoms with E-state index >= 15 is 0 Å². The fraction of sp³-hybridized carbons (Fsp3) is 0.833. The van der Waals surface area contributed by atoms with Crippen molar-refractivity contribution in [2.75, 3.05) is 0 Å². The second-order valence-electron chi connectivity index (χ2n) is 5.50. The molecule has 1 rings (SSSR count).